The summed E-state index contributed by atoms with van der Waals surface area (Å²) >= 11 is 0. The van der Waals surface area contributed by atoms with Crippen LogP contribution in [0.2, 0.25) is 0 Å². The number of aromatic nitrogens is 3. The lowest BCUT2D eigenvalue weighted by molar-refractivity contribution is -0.130. The van der Waals surface area contributed by atoms with Crippen molar-refractivity contribution in [3.63, 3.8) is 0 Å². The van der Waals surface area contributed by atoms with Gasteiger partial charge in [0, 0.05) is 51.5 Å². The number of anilines is 1. The number of nitrogens with two attached hydrogens (primary N) is 1. The SMILES string of the molecule is CC(=O)N(C)C1CCN(S(=O)(=O)c2c(N)n(C3CCCCC3)c3nccnc23)CC1. The average molecular weight is 435 g/mol. The maximum atomic E-state index is 13.6. The van der Waals surface area contributed by atoms with Gasteiger partial charge in [-0.25, -0.2) is 18.4 Å². The van der Waals surface area contributed by atoms with Gasteiger partial charge in [0.25, 0.3) is 0 Å². The normalized spacial score (nSPS) is 19.9. The molecule has 0 atom stereocenters. The Hall–Kier alpha value is -2.20. The number of hydrogen-bond acceptors (Lipinski definition) is 6. The molecule has 0 unspecified atom stereocenters. The van der Waals surface area contributed by atoms with Crippen LogP contribution >= 0.6 is 0 Å². The highest BCUT2D eigenvalue weighted by atomic mass is 32.2. The lowest BCUT2D eigenvalue weighted by Crippen LogP contribution is -2.46. The van der Waals surface area contributed by atoms with Crippen LogP contribution in [0.15, 0.2) is 17.3 Å². The maximum Gasteiger partial charge on any atom is 0.248 e. The minimum absolute atomic E-state index is 0.00798. The largest absolute Gasteiger partial charge is 0.384 e. The van der Waals surface area contributed by atoms with E-state index in [1.165, 1.54) is 23.8 Å². The molecule has 3 heterocycles. The van der Waals surface area contributed by atoms with E-state index in [1.54, 1.807) is 18.1 Å². The Kier molecular flexibility index (Phi) is 5.71. The summed E-state index contributed by atoms with van der Waals surface area (Å²) in [5, 5.41) is 0. The first-order valence-electron chi connectivity index (χ1n) is 10.7. The van der Waals surface area contributed by atoms with Crippen molar-refractivity contribution >= 4 is 32.9 Å². The van der Waals surface area contributed by atoms with Gasteiger partial charge in [-0.3, -0.25) is 4.79 Å². The second-order valence-corrected chi connectivity index (χ2v) is 10.2. The number of amides is 1. The van der Waals surface area contributed by atoms with Crippen molar-refractivity contribution in [2.75, 3.05) is 25.9 Å². The van der Waals surface area contributed by atoms with Gasteiger partial charge < -0.3 is 15.2 Å². The summed E-state index contributed by atoms with van der Waals surface area (Å²) in [7, 11) is -2.06. The highest BCUT2D eigenvalue weighted by Crippen LogP contribution is 2.39. The van der Waals surface area contributed by atoms with Crippen LogP contribution in [0.3, 0.4) is 0 Å². The van der Waals surface area contributed by atoms with Crippen molar-refractivity contribution < 1.29 is 13.2 Å². The number of sulfonamides is 1. The summed E-state index contributed by atoms with van der Waals surface area (Å²) in [6.07, 6.45) is 9.62. The predicted octanol–water partition coefficient (Wildman–Crippen LogP) is 2.15. The second kappa shape index (κ2) is 8.14. The summed E-state index contributed by atoms with van der Waals surface area (Å²) in [5.41, 5.74) is 7.38. The molecule has 4 rings (SSSR count). The van der Waals surface area contributed by atoms with E-state index >= 15 is 0 Å². The Morgan fingerprint density at radius 2 is 1.73 bits per heavy atom. The van der Waals surface area contributed by atoms with Gasteiger partial charge in [-0.05, 0) is 25.7 Å². The van der Waals surface area contributed by atoms with Crippen LogP contribution in [0.5, 0.6) is 0 Å². The third kappa shape index (κ3) is 3.56. The lowest BCUT2D eigenvalue weighted by Gasteiger charge is -2.35. The molecule has 0 bridgehead atoms. The number of fused-ring (bicyclic) bond motifs is 1. The Morgan fingerprint density at radius 3 is 2.37 bits per heavy atom. The van der Waals surface area contributed by atoms with Crippen LogP contribution in [0.4, 0.5) is 5.82 Å². The van der Waals surface area contributed by atoms with E-state index in [9.17, 15) is 13.2 Å². The first-order chi connectivity index (χ1) is 14.3. The van der Waals surface area contributed by atoms with Crippen molar-refractivity contribution in [3.05, 3.63) is 12.4 Å². The molecule has 1 aliphatic heterocycles. The molecule has 0 radical (unpaired) electrons. The van der Waals surface area contributed by atoms with E-state index in [2.05, 4.69) is 9.97 Å². The number of carbonyl (C=O) groups is 1. The molecule has 1 aliphatic carbocycles. The quantitative estimate of drug-likeness (QED) is 0.789. The molecule has 0 aromatic carbocycles. The zero-order valence-electron chi connectivity index (χ0n) is 17.6. The van der Waals surface area contributed by atoms with Crippen LogP contribution in [-0.2, 0) is 14.8 Å². The smallest absolute Gasteiger partial charge is 0.248 e. The number of carbonyl (C=O) groups excluding carboxylic acids is 1. The van der Waals surface area contributed by atoms with Gasteiger partial charge in [-0.2, -0.15) is 4.31 Å². The molecule has 0 spiro atoms. The van der Waals surface area contributed by atoms with Crippen LogP contribution in [0.25, 0.3) is 11.2 Å². The van der Waals surface area contributed by atoms with Crippen LogP contribution in [-0.4, -0.2) is 64.2 Å². The van der Waals surface area contributed by atoms with Gasteiger partial charge in [0.1, 0.15) is 11.3 Å². The fourth-order valence-corrected chi connectivity index (χ4v) is 6.53. The lowest BCUT2D eigenvalue weighted by atomic mass is 9.95. The zero-order valence-corrected chi connectivity index (χ0v) is 18.4. The fourth-order valence-electron chi connectivity index (χ4n) is 4.83. The van der Waals surface area contributed by atoms with E-state index in [-0.39, 0.29) is 28.7 Å². The summed E-state index contributed by atoms with van der Waals surface area (Å²) in [6, 6.07) is 0.200. The van der Waals surface area contributed by atoms with Gasteiger partial charge in [0.15, 0.2) is 10.5 Å². The topological polar surface area (TPSA) is 114 Å². The van der Waals surface area contributed by atoms with E-state index in [0.29, 0.717) is 37.1 Å². The molecular weight excluding hydrogens is 404 g/mol. The van der Waals surface area contributed by atoms with Crippen molar-refractivity contribution in [2.24, 2.45) is 0 Å². The van der Waals surface area contributed by atoms with Gasteiger partial charge in [0.05, 0.1) is 0 Å². The van der Waals surface area contributed by atoms with Crippen LogP contribution in [0.1, 0.15) is 57.9 Å². The van der Waals surface area contributed by atoms with Gasteiger partial charge in [0.2, 0.25) is 15.9 Å². The number of piperidine rings is 1. The highest BCUT2D eigenvalue weighted by molar-refractivity contribution is 7.89. The van der Waals surface area contributed by atoms with Gasteiger partial charge >= 0.3 is 0 Å². The Balaban J connectivity index is 1.69. The minimum atomic E-state index is -3.82. The third-order valence-electron chi connectivity index (χ3n) is 6.62. The van der Waals surface area contributed by atoms with Gasteiger partial charge in [-0.15, -0.1) is 0 Å². The van der Waals surface area contributed by atoms with Gasteiger partial charge in [-0.1, -0.05) is 19.3 Å². The van der Waals surface area contributed by atoms with E-state index < -0.39 is 10.0 Å². The number of nitrogen functional groups attached to an aromatic ring is 1. The Bertz CT molecular complexity index is 1040. The second-order valence-electron chi connectivity index (χ2n) is 8.37. The van der Waals surface area contributed by atoms with Crippen molar-refractivity contribution in [1.29, 1.82) is 0 Å². The van der Waals surface area contributed by atoms with E-state index in [4.69, 9.17) is 5.73 Å². The molecule has 2 aromatic heterocycles. The fraction of sp³-hybridized carbons (Fsp3) is 0.650. The predicted molar refractivity (Wildman–Crippen MR) is 114 cm³/mol. The number of rotatable bonds is 4. The Labute approximate surface area is 177 Å². The van der Waals surface area contributed by atoms with E-state index in [1.807, 2.05) is 4.57 Å². The molecule has 1 amide bonds. The summed E-state index contributed by atoms with van der Waals surface area (Å²) in [5.74, 6) is 0.234. The molecule has 1 saturated heterocycles. The van der Waals surface area contributed by atoms with Crippen LogP contribution < -0.4 is 5.73 Å². The molecule has 10 heteroatoms. The average Bonchev–Trinajstić information content (AvgIpc) is 3.06. The van der Waals surface area contributed by atoms with E-state index in [0.717, 1.165) is 25.7 Å². The zero-order chi connectivity index (χ0) is 21.5. The summed E-state index contributed by atoms with van der Waals surface area (Å²) in [6.45, 7) is 2.23. The molecule has 30 heavy (non-hydrogen) atoms. The molecule has 2 N–H and O–H groups in total. The molecule has 9 nitrogen and oxygen atoms in total. The van der Waals surface area contributed by atoms with Crippen molar-refractivity contribution in [2.45, 2.75) is 68.8 Å². The monoisotopic (exact) mass is 434 g/mol. The summed E-state index contributed by atoms with van der Waals surface area (Å²) in [4.78, 5) is 22.2. The first kappa shape index (κ1) is 21.0. The molecule has 1 saturated carbocycles. The van der Waals surface area contributed by atoms with Crippen molar-refractivity contribution in [3.8, 4) is 0 Å². The Morgan fingerprint density at radius 1 is 1.10 bits per heavy atom. The third-order valence-corrected chi connectivity index (χ3v) is 8.58. The van der Waals surface area contributed by atoms with Crippen molar-refractivity contribution in [1.82, 2.24) is 23.7 Å². The number of hydrogen-bond donors (Lipinski definition) is 1. The number of nitrogens with zero attached hydrogens (tertiary/aromatic N) is 5. The standard InChI is InChI=1S/C20H30N6O3S/c1-14(27)24(2)15-8-12-25(13-9-15)30(28,29)18-17-20(23-11-10-22-17)26(19(18)21)16-6-4-3-5-7-16/h10-11,15-16H,3-9,12-13,21H2,1-2H3. The van der Waals surface area contributed by atoms with Crippen LogP contribution in [0, 0.1) is 0 Å². The first-order valence-corrected chi connectivity index (χ1v) is 12.1. The molecule has 2 aromatic rings. The summed E-state index contributed by atoms with van der Waals surface area (Å²) < 4.78 is 30.6. The maximum absolute atomic E-state index is 13.6. The molecular formula is C20H30N6O3S. The molecule has 2 fully saturated rings. The minimum Gasteiger partial charge on any atom is -0.384 e. The highest BCUT2D eigenvalue weighted by Gasteiger charge is 2.37. The molecule has 164 valence electrons. The molecule has 2 aliphatic rings.